The summed E-state index contributed by atoms with van der Waals surface area (Å²) in [6, 6.07) is 12.9. The Morgan fingerprint density at radius 2 is 1.91 bits per heavy atom. The Hall–Kier alpha value is -2.58. The van der Waals surface area contributed by atoms with E-state index in [1.807, 2.05) is 45.0 Å². The van der Waals surface area contributed by atoms with Crippen LogP contribution in [0.25, 0.3) is 0 Å². The quantitative estimate of drug-likeness (QED) is 0.856. The number of nitrogens with one attached hydrogen (secondary N) is 1. The number of anilines is 1. The summed E-state index contributed by atoms with van der Waals surface area (Å²) in [5, 5.41) is 22.4. The fourth-order valence-corrected chi connectivity index (χ4v) is 2.13. The van der Waals surface area contributed by atoms with Gasteiger partial charge in [0.1, 0.15) is 17.6 Å². The smallest absolute Gasteiger partial charge is 0.144 e. The van der Waals surface area contributed by atoms with Gasteiger partial charge >= 0.3 is 0 Å². The summed E-state index contributed by atoms with van der Waals surface area (Å²) in [6.07, 6.45) is -0.582. The SMILES string of the molecule is Cc1ccc(C#N)c(NC[C@H](O)c2ccc(OC(C)C)cc2)n1. The number of hydrogen-bond donors (Lipinski definition) is 2. The number of aliphatic hydroxyl groups excluding tert-OH is 1. The molecule has 0 saturated carbocycles. The highest BCUT2D eigenvalue weighted by Crippen LogP contribution is 2.20. The Bertz CT molecular complexity index is 690. The Kier molecular flexibility index (Phi) is 5.56. The maximum absolute atomic E-state index is 10.3. The molecule has 0 aliphatic carbocycles. The second kappa shape index (κ2) is 7.61. The normalized spacial score (nSPS) is 11.8. The Labute approximate surface area is 136 Å². The van der Waals surface area contributed by atoms with Crippen molar-refractivity contribution in [1.82, 2.24) is 4.98 Å². The number of pyridine rings is 1. The summed E-state index contributed by atoms with van der Waals surface area (Å²) in [5.74, 6) is 1.27. The molecule has 2 rings (SSSR count). The summed E-state index contributed by atoms with van der Waals surface area (Å²) in [7, 11) is 0. The van der Waals surface area contributed by atoms with Crippen LogP contribution < -0.4 is 10.1 Å². The van der Waals surface area contributed by atoms with E-state index in [-0.39, 0.29) is 12.6 Å². The Balaban J connectivity index is 2.01. The molecule has 0 radical (unpaired) electrons. The molecule has 5 heteroatoms. The van der Waals surface area contributed by atoms with Gasteiger partial charge in [0.2, 0.25) is 0 Å². The van der Waals surface area contributed by atoms with Gasteiger partial charge in [-0.1, -0.05) is 12.1 Å². The first-order valence-corrected chi connectivity index (χ1v) is 7.56. The number of benzene rings is 1. The minimum absolute atomic E-state index is 0.115. The van der Waals surface area contributed by atoms with Crippen LogP contribution in [0.3, 0.4) is 0 Å². The number of nitrogens with zero attached hydrogens (tertiary/aromatic N) is 2. The largest absolute Gasteiger partial charge is 0.491 e. The van der Waals surface area contributed by atoms with Gasteiger partial charge in [0.25, 0.3) is 0 Å². The first kappa shape index (κ1) is 16.8. The van der Waals surface area contributed by atoms with Crippen LogP contribution in [0, 0.1) is 18.3 Å². The number of ether oxygens (including phenoxy) is 1. The average Bonchev–Trinajstić information content (AvgIpc) is 2.53. The number of aryl methyl sites for hydroxylation is 1. The minimum Gasteiger partial charge on any atom is -0.491 e. The van der Waals surface area contributed by atoms with E-state index in [0.717, 1.165) is 17.0 Å². The lowest BCUT2D eigenvalue weighted by Crippen LogP contribution is -2.14. The van der Waals surface area contributed by atoms with Gasteiger partial charge in [-0.15, -0.1) is 0 Å². The average molecular weight is 311 g/mol. The molecule has 1 aromatic heterocycles. The van der Waals surface area contributed by atoms with E-state index in [0.29, 0.717) is 11.4 Å². The highest BCUT2D eigenvalue weighted by Gasteiger charge is 2.10. The number of aliphatic hydroxyl groups is 1. The van der Waals surface area contributed by atoms with Crippen molar-refractivity contribution in [3.05, 3.63) is 53.2 Å². The van der Waals surface area contributed by atoms with Gasteiger partial charge < -0.3 is 15.2 Å². The molecule has 23 heavy (non-hydrogen) atoms. The summed E-state index contributed by atoms with van der Waals surface area (Å²) >= 11 is 0. The van der Waals surface area contributed by atoms with E-state index >= 15 is 0 Å². The van der Waals surface area contributed by atoms with Crippen LogP contribution in [-0.2, 0) is 0 Å². The maximum atomic E-state index is 10.3. The molecule has 120 valence electrons. The van der Waals surface area contributed by atoms with E-state index in [1.165, 1.54) is 0 Å². The lowest BCUT2D eigenvalue weighted by atomic mass is 10.1. The molecular formula is C18H21N3O2. The van der Waals surface area contributed by atoms with Crippen LogP contribution >= 0.6 is 0 Å². The Morgan fingerprint density at radius 3 is 2.52 bits per heavy atom. The minimum atomic E-state index is -0.697. The van der Waals surface area contributed by atoms with Crippen molar-refractivity contribution in [3.63, 3.8) is 0 Å². The number of hydrogen-bond acceptors (Lipinski definition) is 5. The van der Waals surface area contributed by atoms with Gasteiger partial charge in [0.15, 0.2) is 0 Å². The summed E-state index contributed by atoms with van der Waals surface area (Å²) in [5.41, 5.74) is 2.06. The third kappa shape index (κ3) is 4.70. The second-order valence-electron chi connectivity index (χ2n) is 5.59. The molecule has 0 amide bonds. The zero-order valence-electron chi connectivity index (χ0n) is 13.6. The summed E-state index contributed by atoms with van der Waals surface area (Å²) in [4.78, 5) is 4.29. The van der Waals surface area contributed by atoms with Gasteiger partial charge in [-0.2, -0.15) is 5.26 Å². The molecule has 1 heterocycles. The van der Waals surface area contributed by atoms with Crippen molar-refractivity contribution in [3.8, 4) is 11.8 Å². The molecule has 0 unspecified atom stereocenters. The van der Waals surface area contributed by atoms with Gasteiger partial charge in [0.05, 0.1) is 17.8 Å². The standard InChI is InChI=1S/C18H21N3O2/c1-12(2)23-16-8-6-14(7-9-16)17(22)11-20-18-15(10-19)5-4-13(3)21-18/h4-9,12,17,22H,11H2,1-3H3,(H,20,21)/t17-/m0/s1. The first-order chi connectivity index (χ1) is 11.0. The molecule has 1 aromatic carbocycles. The van der Waals surface area contributed by atoms with Gasteiger partial charge in [-0.3, -0.25) is 0 Å². The number of rotatable bonds is 6. The topological polar surface area (TPSA) is 78.2 Å². The molecule has 0 spiro atoms. The fraction of sp³-hybridized carbons (Fsp3) is 0.333. The highest BCUT2D eigenvalue weighted by molar-refractivity contribution is 5.52. The van der Waals surface area contributed by atoms with Gasteiger partial charge in [0, 0.05) is 12.2 Å². The predicted octanol–water partition coefficient (Wildman–Crippen LogP) is 3.19. The molecule has 2 N–H and O–H groups in total. The van der Waals surface area contributed by atoms with Crippen LogP contribution in [0.1, 0.15) is 36.8 Å². The van der Waals surface area contributed by atoms with Crippen molar-refractivity contribution in [2.75, 3.05) is 11.9 Å². The van der Waals surface area contributed by atoms with Crippen molar-refractivity contribution in [2.45, 2.75) is 33.0 Å². The third-order valence-electron chi connectivity index (χ3n) is 3.25. The molecule has 0 bridgehead atoms. The van der Waals surface area contributed by atoms with Crippen molar-refractivity contribution in [2.24, 2.45) is 0 Å². The lowest BCUT2D eigenvalue weighted by Gasteiger charge is -2.15. The first-order valence-electron chi connectivity index (χ1n) is 7.56. The number of nitriles is 1. The van der Waals surface area contributed by atoms with E-state index in [4.69, 9.17) is 10.00 Å². The molecule has 1 atom stereocenters. The zero-order valence-corrected chi connectivity index (χ0v) is 13.6. The second-order valence-corrected chi connectivity index (χ2v) is 5.59. The predicted molar refractivity (Wildman–Crippen MR) is 89.3 cm³/mol. The third-order valence-corrected chi connectivity index (χ3v) is 3.25. The van der Waals surface area contributed by atoms with E-state index in [9.17, 15) is 5.11 Å². The van der Waals surface area contributed by atoms with E-state index < -0.39 is 6.10 Å². The molecule has 0 aliphatic heterocycles. The van der Waals surface area contributed by atoms with Crippen LogP contribution in [0.2, 0.25) is 0 Å². The van der Waals surface area contributed by atoms with Crippen LogP contribution in [-0.4, -0.2) is 22.7 Å². The Morgan fingerprint density at radius 1 is 1.22 bits per heavy atom. The number of aromatic nitrogens is 1. The molecule has 5 nitrogen and oxygen atoms in total. The molecule has 0 fully saturated rings. The highest BCUT2D eigenvalue weighted by atomic mass is 16.5. The van der Waals surface area contributed by atoms with Crippen LogP contribution in [0.15, 0.2) is 36.4 Å². The summed E-state index contributed by atoms with van der Waals surface area (Å²) in [6.45, 7) is 6.06. The van der Waals surface area contributed by atoms with E-state index in [2.05, 4.69) is 16.4 Å². The molecule has 0 saturated heterocycles. The van der Waals surface area contributed by atoms with E-state index in [1.54, 1.807) is 12.1 Å². The fourth-order valence-electron chi connectivity index (χ4n) is 2.13. The van der Waals surface area contributed by atoms with Gasteiger partial charge in [-0.05, 0) is 50.6 Å². The zero-order chi connectivity index (χ0) is 16.8. The molecule has 2 aromatic rings. The maximum Gasteiger partial charge on any atom is 0.144 e. The van der Waals surface area contributed by atoms with Crippen molar-refractivity contribution >= 4 is 5.82 Å². The molecule has 0 aliphatic rings. The van der Waals surface area contributed by atoms with Gasteiger partial charge in [-0.25, -0.2) is 4.98 Å². The monoisotopic (exact) mass is 311 g/mol. The van der Waals surface area contributed by atoms with Crippen LogP contribution in [0.4, 0.5) is 5.82 Å². The van der Waals surface area contributed by atoms with Crippen molar-refractivity contribution in [1.29, 1.82) is 5.26 Å². The van der Waals surface area contributed by atoms with Crippen molar-refractivity contribution < 1.29 is 9.84 Å². The lowest BCUT2D eigenvalue weighted by molar-refractivity contribution is 0.191. The summed E-state index contributed by atoms with van der Waals surface area (Å²) < 4.78 is 5.58. The molecular weight excluding hydrogens is 290 g/mol. The van der Waals surface area contributed by atoms with Crippen LogP contribution in [0.5, 0.6) is 5.75 Å².